The summed E-state index contributed by atoms with van der Waals surface area (Å²) in [6, 6.07) is 24.0. The maximum Gasteiger partial charge on any atom is 0.261 e. The van der Waals surface area contributed by atoms with Gasteiger partial charge in [0, 0.05) is 22.8 Å². The molecule has 1 aliphatic carbocycles. The number of benzene rings is 2. The van der Waals surface area contributed by atoms with Gasteiger partial charge >= 0.3 is 0 Å². The topological polar surface area (TPSA) is 58.2 Å². The van der Waals surface area contributed by atoms with Gasteiger partial charge in [0.15, 0.2) is 0 Å². The lowest BCUT2D eigenvalue weighted by Crippen LogP contribution is -2.21. The van der Waals surface area contributed by atoms with Crippen molar-refractivity contribution in [2.45, 2.75) is 46.2 Å². The minimum absolute atomic E-state index is 0.0348. The first-order valence-electron chi connectivity index (χ1n) is 12.6. The second kappa shape index (κ2) is 11.3. The zero-order valence-corrected chi connectivity index (χ0v) is 22.7. The molecule has 0 unspecified atom stereocenters. The molecule has 0 atom stereocenters. The molecule has 6 heteroatoms. The average Bonchev–Trinajstić information content (AvgIpc) is 3.65. The number of thiophene rings is 2. The van der Waals surface area contributed by atoms with Gasteiger partial charge in [0.2, 0.25) is 0 Å². The highest BCUT2D eigenvalue weighted by Gasteiger charge is 2.25. The number of carbonyl (C=O) groups excluding carboxylic acids is 2. The van der Waals surface area contributed by atoms with Crippen LogP contribution in [0, 0.1) is 13.8 Å². The van der Waals surface area contributed by atoms with Crippen LogP contribution >= 0.6 is 22.7 Å². The molecule has 0 bridgehead atoms. The van der Waals surface area contributed by atoms with Gasteiger partial charge in [0.05, 0.1) is 9.75 Å². The van der Waals surface area contributed by atoms with E-state index < -0.39 is 0 Å². The minimum atomic E-state index is -0.0348. The number of hydrogen-bond donors (Lipinski definition) is 2. The highest BCUT2D eigenvalue weighted by Crippen LogP contribution is 2.44. The summed E-state index contributed by atoms with van der Waals surface area (Å²) in [6.45, 7) is 5.23. The molecule has 4 nitrogen and oxygen atoms in total. The van der Waals surface area contributed by atoms with Crippen LogP contribution in [0.1, 0.15) is 70.6 Å². The normalized spacial score (nSPS) is 13.1. The average molecular weight is 527 g/mol. The van der Waals surface area contributed by atoms with Crippen LogP contribution in [0.15, 0.2) is 72.8 Å². The zero-order chi connectivity index (χ0) is 25.8. The van der Waals surface area contributed by atoms with Crippen molar-refractivity contribution in [3.05, 3.63) is 115 Å². The van der Waals surface area contributed by atoms with E-state index in [1.165, 1.54) is 22.3 Å². The maximum absolute atomic E-state index is 12.9. The van der Waals surface area contributed by atoms with E-state index in [0.717, 1.165) is 49.9 Å². The smallest absolute Gasteiger partial charge is 0.261 e. The zero-order valence-electron chi connectivity index (χ0n) is 21.1. The molecule has 2 aromatic carbocycles. The van der Waals surface area contributed by atoms with Gasteiger partial charge in [0.1, 0.15) is 0 Å². The molecule has 2 heterocycles. The molecule has 37 heavy (non-hydrogen) atoms. The second-order valence-electron chi connectivity index (χ2n) is 9.31. The Hall–Kier alpha value is -3.48. The predicted octanol–water partition coefficient (Wildman–Crippen LogP) is 7.38. The fourth-order valence-corrected chi connectivity index (χ4v) is 6.78. The van der Waals surface area contributed by atoms with Crippen molar-refractivity contribution in [1.29, 1.82) is 0 Å². The minimum Gasteiger partial charge on any atom is -0.347 e. The van der Waals surface area contributed by atoms with Gasteiger partial charge in [-0.05, 0) is 78.6 Å². The number of aryl methyl sites for hydroxylation is 2. The lowest BCUT2D eigenvalue weighted by molar-refractivity contribution is 0.0947. The monoisotopic (exact) mass is 526 g/mol. The summed E-state index contributed by atoms with van der Waals surface area (Å²) < 4.78 is 0. The molecule has 5 rings (SSSR count). The Morgan fingerprint density at radius 3 is 1.49 bits per heavy atom. The fourth-order valence-electron chi connectivity index (χ4n) is 4.86. The molecule has 0 aliphatic heterocycles. The second-order valence-corrected chi connectivity index (χ2v) is 11.8. The van der Waals surface area contributed by atoms with Crippen molar-refractivity contribution >= 4 is 45.6 Å². The van der Waals surface area contributed by atoms with E-state index in [4.69, 9.17) is 0 Å². The third-order valence-electron chi connectivity index (χ3n) is 6.74. The number of allylic oxidation sites excluding steroid dienone is 2. The number of rotatable bonds is 8. The molecule has 4 aromatic rings. The number of nitrogens with one attached hydrogen (secondary N) is 2. The standard InChI is InChI=1S/C31H30N2O2S2/c1-20-26(16-28(36-20)30(34)32-18-22-10-5-3-6-11-22)24-14-9-15-25(24)27-17-29(37-21(27)2)31(35)33-19-23-12-7-4-8-13-23/h3-8,10-13,16-17H,9,14-15,18-19H2,1-2H3,(H,32,34)(H,33,35). The molecule has 0 fully saturated rings. The number of hydrogen-bond acceptors (Lipinski definition) is 4. The van der Waals surface area contributed by atoms with Crippen LogP contribution in [0.25, 0.3) is 11.1 Å². The molecule has 1 aliphatic rings. The molecule has 2 amide bonds. The Labute approximate surface area is 226 Å². The molecular weight excluding hydrogens is 496 g/mol. The van der Waals surface area contributed by atoms with Gasteiger partial charge in [-0.15, -0.1) is 22.7 Å². The molecule has 0 saturated heterocycles. The van der Waals surface area contributed by atoms with E-state index in [-0.39, 0.29) is 11.8 Å². The molecule has 2 aromatic heterocycles. The highest BCUT2D eigenvalue weighted by molar-refractivity contribution is 7.14. The third-order valence-corrected chi connectivity index (χ3v) is 8.84. The summed E-state index contributed by atoms with van der Waals surface area (Å²) in [5.41, 5.74) is 7.13. The Morgan fingerprint density at radius 1 is 0.676 bits per heavy atom. The van der Waals surface area contributed by atoms with Crippen molar-refractivity contribution in [3.8, 4) is 0 Å². The molecule has 188 valence electrons. The van der Waals surface area contributed by atoms with Gasteiger partial charge in [-0.1, -0.05) is 60.7 Å². The Bertz CT molecular complexity index is 1340. The summed E-state index contributed by atoms with van der Waals surface area (Å²) in [5.74, 6) is -0.0696. The van der Waals surface area contributed by atoms with E-state index in [0.29, 0.717) is 13.1 Å². The van der Waals surface area contributed by atoms with Crippen molar-refractivity contribution in [1.82, 2.24) is 10.6 Å². The molecule has 2 N–H and O–H groups in total. The van der Waals surface area contributed by atoms with E-state index in [9.17, 15) is 9.59 Å². The Balaban J connectivity index is 1.34. The van der Waals surface area contributed by atoms with Crippen LogP contribution in [0.5, 0.6) is 0 Å². The van der Waals surface area contributed by atoms with Gasteiger partial charge in [-0.25, -0.2) is 0 Å². The Morgan fingerprint density at radius 2 is 1.08 bits per heavy atom. The van der Waals surface area contributed by atoms with E-state index in [1.54, 1.807) is 22.7 Å². The third kappa shape index (κ3) is 5.76. The van der Waals surface area contributed by atoms with Crippen LogP contribution in [0.3, 0.4) is 0 Å². The van der Waals surface area contributed by atoms with E-state index in [1.807, 2.05) is 60.7 Å². The first-order valence-corrected chi connectivity index (χ1v) is 14.2. The van der Waals surface area contributed by atoms with Crippen LogP contribution in [0.2, 0.25) is 0 Å². The lowest BCUT2D eigenvalue weighted by Gasteiger charge is -2.07. The van der Waals surface area contributed by atoms with Crippen molar-refractivity contribution < 1.29 is 9.59 Å². The van der Waals surface area contributed by atoms with Crippen LogP contribution in [-0.4, -0.2) is 11.8 Å². The molecule has 0 radical (unpaired) electrons. The van der Waals surface area contributed by atoms with Crippen LogP contribution in [-0.2, 0) is 13.1 Å². The molecular formula is C31H30N2O2S2. The maximum atomic E-state index is 12.9. The summed E-state index contributed by atoms with van der Waals surface area (Å²) >= 11 is 3.11. The van der Waals surface area contributed by atoms with E-state index >= 15 is 0 Å². The summed E-state index contributed by atoms with van der Waals surface area (Å²) in [5, 5.41) is 6.10. The van der Waals surface area contributed by atoms with Crippen molar-refractivity contribution in [3.63, 3.8) is 0 Å². The predicted molar refractivity (Wildman–Crippen MR) is 154 cm³/mol. The lowest BCUT2D eigenvalue weighted by atomic mass is 9.97. The van der Waals surface area contributed by atoms with Gasteiger partial charge < -0.3 is 10.6 Å². The summed E-state index contributed by atoms with van der Waals surface area (Å²) in [4.78, 5) is 29.6. The molecule has 0 spiro atoms. The quantitative estimate of drug-likeness (QED) is 0.252. The largest absolute Gasteiger partial charge is 0.347 e. The first kappa shape index (κ1) is 25.2. The van der Waals surface area contributed by atoms with Crippen LogP contribution < -0.4 is 10.6 Å². The van der Waals surface area contributed by atoms with Crippen molar-refractivity contribution in [2.24, 2.45) is 0 Å². The van der Waals surface area contributed by atoms with E-state index in [2.05, 4.69) is 36.6 Å². The van der Waals surface area contributed by atoms with Crippen molar-refractivity contribution in [2.75, 3.05) is 0 Å². The van der Waals surface area contributed by atoms with Gasteiger partial charge in [-0.3, -0.25) is 9.59 Å². The van der Waals surface area contributed by atoms with Crippen LogP contribution in [0.4, 0.5) is 0 Å². The highest BCUT2D eigenvalue weighted by atomic mass is 32.1. The number of amides is 2. The van der Waals surface area contributed by atoms with Gasteiger partial charge in [-0.2, -0.15) is 0 Å². The summed E-state index contributed by atoms with van der Waals surface area (Å²) in [7, 11) is 0. The SMILES string of the molecule is Cc1sc(C(=O)NCc2ccccc2)cc1C1=C(c2cc(C(=O)NCc3ccccc3)sc2C)CCC1. The fraction of sp³-hybridized carbons (Fsp3) is 0.226. The molecule has 0 saturated carbocycles. The Kier molecular flexibility index (Phi) is 7.68. The first-order chi connectivity index (χ1) is 18.0. The van der Waals surface area contributed by atoms with Gasteiger partial charge in [0.25, 0.3) is 11.8 Å². The summed E-state index contributed by atoms with van der Waals surface area (Å²) in [6.07, 6.45) is 3.06. The number of carbonyl (C=O) groups is 2.